The molecule has 0 saturated heterocycles. The third kappa shape index (κ3) is 33.8. The van der Waals surface area contributed by atoms with Crippen LogP contribution < -0.4 is 0 Å². The highest BCUT2D eigenvalue weighted by molar-refractivity contribution is 5.69. The molecule has 0 aliphatic carbocycles. The maximum absolute atomic E-state index is 12.2. The zero-order chi connectivity index (χ0) is 29.9. The first-order chi connectivity index (χ1) is 20.2. The summed E-state index contributed by atoms with van der Waals surface area (Å²) in [6.45, 7) is 7.04. The van der Waals surface area contributed by atoms with Crippen molar-refractivity contribution in [2.75, 3.05) is 6.61 Å². The molecule has 0 fully saturated rings. The van der Waals surface area contributed by atoms with Gasteiger partial charge in [-0.05, 0) is 25.7 Å². The monoisotopic (exact) mass is 579 g/mol. The normalized spacial score (nSPS) is 11.5. The molecular weight excluding hydrogens is 500 g/mol. The second kappa shape index (κ2) is 35.7. The van der Waals surface area contributed by atoms with Gasteiger partial charge in [-0.3, -0.25) is 4.79 Å². The Balaban J connectivity index is 3.66. The maximum atomic E-state index is 12.2. The SMILES string of the molecule is CCCCCCCCCCCCCCCCCC(CCCCCCCCCCCCCCCCC)CC(=O)OCC. The van der Waals surface area contributed by atoms with E-state index in [-0.39, 0.29) is 5.97 Å². The van der Waals surface area contributed by atoms with Crippen LogP contribution in [0.1, 0.15) is 233 Å². The van der Waals surface area contributed by atoms with Gasteiger partial charge in [0.15, 0.2) is 0 Å². The summed E-state index contributed by atoms with van der Waals surface area (Å²) in [4.78, 5) is 12.2. The molecule has 0 N–H and O–H groups in total. The molecule has 2 nitrogen and oxygen atoms in total. The van der Waals surface area contributed by atoms with Crippen molar-refractivity contribution in [3.05, 3.63) is 0 Å². The fraction of sp³-hybridized carbons (Fsp3) is 0.974. The first kappa shape index (κ1) is 40.5. The molecule has 0 saturated carbocycles. The average molecular weight is 579 g/mol. The van der Waals surface area contributed by atoms with Crippen LogP contribution in [-0.2, 0) is 9.53 Å². The second-order valence-corrected chi connectivity index (χ2v) is 13.4. The topological polar surface area (TPSA) is 26.3 Å². The van der Waals surface area contributed by atoms with E-state index in [1.165, 1.54) is 205 Å². The van der Waals surface area contributed by atoms with E-state index in [1.54, 1.807) is 0 Å². The Morgan fingerprint density at radius 1 is 0.390 bits per heavy atom. The van der Waals surface area contributed by atoms with Gasteiger partial charge in [-0.1, -0.05) is 206 Å². The van der Waals surface area contributed by atoms with Crippen LogP contribution in [0.4, 0.5) is 0 Å². The average Bonchev–Trinajstić information content (AvgIpc) is 2.97. The van der Waals surface area contributed by atoms with E-state index < -0.39 is 0 Å². The minimum atomic E-state index is 0.0272. The Hall–Kier alpha value is -0.530. The number of unbranched alkanes of at least 4 members (excludes halogenated alkanes) is 28. The minimum Gasteiger partial charge on any atom is -0.466 e. The van der Waals surface area contributed by atoms with E-state index in [1.807, 2.05) is 6.92 Å². The van der Waals surface area contributed by atoms with Crippen molar-refractivity contribution in [3.63, 3.8) is 0 Å². The first-order valence-corrected chi connectivity index (χ1v) is 19.4. The quantitative estimate of drug-likeness (QED) is 0.0552. The van der Waals surface area contributed by atoms with Crippen molar-refractivity contribution in [1.29, 1.82) is 0 Å². The van der Waals surface area contributed by atoms with Crippen molar-refractivity contribution in [2.24, 2.45) is 5.92 Å². The van der Waals surface area contributed by atoms with Crippen LogP contribution in [-0.4, -0.2) is 12.6 Å². The summed E-state index contributed by atoms with van der Waals surface area (Å²) in [6, 6.07) is 0. The largest absolute Gasteiger partial charge is 0.466 e. The molecule has 0 heterocycles. The van der Waals surface area contributed by atoms with Crippen LogP contribution in [0.2, 0.25) is 0 Å². The summed E-state index contributed by atoms with van der Waals surface area (Å²) >= 11 is 0. The van der Waals surface area contributed by atoms with Crippen LogP contribution in [0.3, 0.4) is 0 Å². The zero-order valence-electron chi connectivity index (χ0n) is 28.9. The van der Waals surface area contributed by atoms with Crippen LogP contribution in [0.25, 0.3) is 0 Å². The molecule has 0 aromatic carbocycles. The molecule has 246 valence electrons. The van der Waals surface area contributed by atoms with Crippen molar-refractivity contribution in [3.8, 4) is 0 Å². The van der Waals surface area contributed by atoms with Crippen molar-refractivity contribution in [2.45, 2.75) is 233 Å². The van der Waals surface area contributed by atoms with Gasteiger partial charge in [0.05, 0.1) is 6.61 Å². The van der Waals surface area contributed by atoms with Gasteiger partial charge in [0.2, 0.25) is 0 Å². The van der Waals surface area contributed by atoms with E-state index in [2.05, 4.69) is 13.8 Å². The van der Waals surface area contributed by atoms with Gasteiger partial charge in [0.25, 0.3) is 0 Å². The second-order valence-electron chi connectivity index (χ2n) is 13.4. The fourth-order valence-electron chi connectivity index (χ4n) is 6.41. The molecule has 0 aromatic heterocycles. The zero-order valence-corrected chi connectivity index (χ0v) is 28.9. The highest BCUT2D eigenvalue weighted by Gasteiger charge is 2.14. The van der Waals surface area contributed by atoms with Crippen LogP contribution in [0, 0.1) is 5.92 Å². The highest BCUT2D eigenvalue weighted by atomic mass is 16.5. The van der Waals surface area contributed by atoms with Gasteiger partial charge in [-0.2, -0.15) is 0 Å². The summed E-state index contributed by atoms with van der Waals surface area (Å²) in [7, 11) is 0. The molecule has 0 aliphatic heterocycles. The van der Waals surface area contributed by atoms with Crippen molar-refractivity contribution >= 4 is 5.97 Å². The van der Waals surface area contributed by atoms with Crippen LogP contribution in [0.5, 0.6) is 0 Å². The van der Waals surface area contributed by atoms with Gasteiger partial charge < -0.3 is 4.74 Å². The summed E-state index contributed by atoms with van der Waals surface area (Å²) < 4.78 is 5.29. The number of hydrogen-bond acceptors (Lipinski definition) is 2. The van der Waals surface area contributed by atoms with E-state index in [0.717, 1.165) is 0 Å². The fourth-order valence-corrected chi connectivity index (χ4v) is 6.41. The maximum Gasteiger partial charge on any atom is 0.306 e. The molecule has 0 rings (SSSR count). The highest BCUT2D eigenvalue weighted by Crippen LogP contribution is 2.23. The predicted octanol–water partition coefficient (Wildman–Crippen LogP) is 14.1. The molecule has 0 radical (unpaired) electrons. The van der Waals surface area contributed by atoms with Crippen LogP contribution >= 0.6 is 0 Å². The molecule has 0 aliphatic rings. The lowest BCUT2D eigenvalue weighted by atomic mass is 9.91. The Kier molecular flexibility index (Phi) is 35.2. The molecule has 0 unspecified atom stereocenters. The van der Waals surface area contributed by atoms with Gasteiger partial charge >= 0.3 is 5.97 Å². The Bertz CT molecular complexity index is 454. The third-order valence-electron chi connectivity index (χ3n) is 9.19. The molecule has 0 aromatic rings. The summed E-state index contributed by atoms with van der Waals surface area (Å²) in [5.41, 5.74) is 0. The Morgan fingerprint density at radius 3 is 0.878 bits per heavy atom. The lowest BCUT2D eigenvalue weighted by Crippen LogP contribution is -2.12. The van der Waals surface area contributed by atoms with Crippen molar-refractivity contribution < 1.29 is 9.53 Å². The molecule has 41 heavy (non-hydrogen) atoms. The van der Waals surface area contributed by atoms with Crippen LogP contribution in [0.15, 0.2) is 0 Å². The number of carbonyl (C=O) groups is 1. The smallest absolute Gasteiger partial charge is 0.306 e. The molecular formula is C39H78O2. The Labute approximate surface area is 260 Å². The number of ether oxygens (including phenoxy) is 1. The van der Waals surface area contributed by atoms with Gasteiger partial charge in [-0.25, -0.2) is 0 Å². The van der Waals surface area contributed by atoms with Crippen molar-refractivity contribution in [1.82, 2.24) is 0 Å². The molecule has 2 heteroatoms. The van der Waals surface area contributed by atoms with E-state index in [4.69, 9.17) is 4.74 Å². The van der Waals surface area contributed by atoms with Gasteiger partial charge in [0.1, 0.15) is 0 Å². The molecule has 0 atom stereocenters. The summed E-state index contributed by atoms with van der Waals surface area (Å²) in [5.74, 6) is 0.567. The number of carbonyl (C=O) groups excluding carboxylic acids is 1. The first-order valence-electron chi connectivity index (χ1n) is 19.4. The number of rotatable bonds is 35. The van der Waals surface area contributed by atoms with E-state index in [9.17, 15) is 4.79 Å². The predicted molar refractivity (Wildman–Crippen MR) is 184 cm³/mol. The summed E-state index contributed by atoms with van der Waals surface area (Å²) in [6.07, 6.45) is 45.5. The minimum absolute atomic E-state index is 0.0272. The third-order valence-corrected chi connectivity index (χ3v) is 9.19. The lowest BCUT2D eigenvalue weighted by Gasteiger charge is -2.16. The number of esters is 1. The number of hydrogen-bond donors (Lipinski definition) is 0. The van der Waals surface area contributed by atoms with E-state index in [0.29, 0.717) is 18.9 Å². The van der Waals surface area contributed by atoms with Gasteiger partial charge in [0, 0.05) is 6.42 Å². The molecule has 0 bridgehead atoms. The summed E-state index contributed by atoms with van der Waals surface area (Å²) in [5, 5.41) is 0. The van der Waals surface area contributed by atoms with Gasteiger partial charge in [-0.15, -0.1) is 0 Å². The van der Waals surface area contributed by atoms with E-state index >= 15 is 0 Å². The molecule has 0 spiro atoms. The Morgan fingerprint density at radius 2 is 0.634 bits per heavy atom. The lowest BCUT2D eigenvalue weighted by molar-refractivity contribution is -0.144. The standard InChI is InChI=1S/C39H78O2/c1-4-7-9-11-13-15-17-19-21-23-25-27-29-31-33-35-38(37-39(40)41-6-3)36-34-32-30-28-26-24-22-20-18-16-14-12-10-8-5-2/h38H,4-37H2,1-3H3. The molecule has 0 amide bonds.